The van der Waals surface area contributed by atoms with Gasteiger partial charge >= 0.3 is 94.6 Å². The van der Waals surface area contributed by atoms with Gasteiger partial charge in [0.2, 0.25) is 0 Å². The van der Waals surface area contributed by atoms with E-state index in [0.717, 1.165) is 0 Å². The molecule has 0 bridgehead atoms. The maximum Gasteiger partial charge on any atom is -1.00 e. The van der Waals surface area contributed by atoms with Crippen LogP contribution in [-0.4, -0.2) is 0 Å². The van der Waals surface area contributed by atoms with Crippen LogP contribution in [0.2, 0.25) is 4.13 Å². The van der Waals surface area contributed by atoms with Crippen molar-refractivity contribution in [1.82, 2.24) is 0 Å². The van der Waals surface area contributed by atoms with E-state index in [2.05, 4.69) is 73.8 Å². The van der Waals surface area contributed by atoms with E-state index in [-0.39, 0.29) is 41.3 Å². The van der Waals surface area contributed by atoms with Crippen molar-refractivity contribution in [1.29, 1.82) is 0 Å². The first kappa shape index (κ1) is 19.5. The van der Waals surface area contributed by atoms with Gasteiger partial charge in [0.25, 0.3) is 0 Å². The van der Waals surface area contributed by atoms with Gasteiger partial charge in [0.15, 0.2) is 0 Å². The van der Waals surface area contributed by atoms with Crippen molar-refractivity contribution < 1.29 is 54.6 Å². The first-order valence-electron chi connectivity index (χ1n) is 4.79. The van der Waals surface area contributed by atoms with Gasteiger partial charge in [-0.1, -0.05) is 0 Å². The monoisotopic (exact) mass is 325 g/mol. The maximum atomic E-state index is 2.74. The van der Waals surface area contributed by atoms with Crippen LogP contribution in [0.4, 0.5) is 0 Å². The third-order valence-electron chi connectivity index (χ3n) is 2.56. The number of allylic oxidation sites excluding steroid dienone is 4. The molecular formula is C13H13Cl3V. The van der Waals surface area contributed by atoms with Crippen molar-refractivity contribution in [3.63, 3.8) is 0 Å². The van der Waals surface area contributed by atoms with Gasteiger partial charge < -0.3 is 37.2 Å². The molecule has 1 aromatic carbocycles. The van der Waals surface area contributed by atoms with Crippen LogP contribution in [-0.2, 0) is 17.4 Å². The molecule has 17 heavy (non-hydrogen) atoms. The number of halogens is 3. The minimum Gasteiger partial charge on any atom is -1.00 e. The molecule has 1 unspecified atom stereocenters. The second-order valence-electron chi connectivity index (χ2n) is 3.96. The minimum atomic E-state index is 0. The van der Waals surface area contributed by atoms with Gasteiger partial charge in [0.1, 0.15) is 0 Å². The molecule has 0 heterocycles. The Morgan fingerprint density at radius 3 is 2.24 bits per heavy atom. The van der Waals surface area contributed by atoms with Gasteiger partial charge in [0, 0.05) is 0 Å². The van der Waals surface area contributed by atoms with Gasteiger partial charge in [-0.15, -0.1) is 0 Å². The van der Waals surface area contributed by atoms with E-state index in [9.17, 15) is 0 Å². The summed E-state index contributed by atoms with van der Waals surface area (Å²) in [7, 11) is 0. The summed E-state index contributed by atoms with van der Waals surface area (Å²) >= 11 is 2.74. The number of rotatable bonds is 1. The van der Waals surface area contributed by atoms with Crippen LogP contribution in [0.5, 0.6) is 0 Å². The quantitative estimate of drug-likeness (QED) is 0.484. The van der Waals surface area contributed by atoms with E-state index in [1.165, 1.54) is 16.7 Å². The van der Waals surface area contributed by atoms with E-state index in [1.54, 1.807) is 0 Å². The third kappa shape index (κ3) is 4.39. The Kier molecular flexibility index (Phi) is 8.67. The molecule has 0 saturated carbocycles. The van der Waals surface area contributed by atoms with Crippen LogP contribution in [0.25, 0.3) is 5.57 Å². The molecule has 1 aromatic rings. The van der Waals surface area contributed by atoms with Crippen molar-refractivity contribution in [2.75, 3.05) is 0 Å². The molecule has 0 aromatic heterocycles. The second-order valence-corrected chi connectivity index (χ2v) is 5.41. The zero-order valence-corrected chi connectivity index (χ0v) is 13.3. The third-order valence-corrected chi connectivity index (χ3v) is 3.17. The van der Waals surface area contributed by atoms with Gasteiger partial charge in [-0.05, 0) is 0 Å². The van der Waals surface area contributed by atoms with Crippen molar-refractivity contribution in [2.24, 2.45) is 0 Å². The molecule has 0 amide bonds. The largest absolute Gasteiger partial charge is 1.00 e. The molecule has 0 saturated heterocycles. The van der Waals surface area contributed by atoms with Gasteiger partial charge in [0.05, 0.1) is 0 Å². The zero-order chi connectivity index (χ0) is 10.2. The first-order valence-corrected chi connectivity index (χ1v) is 5.49. The average Bonchev–Trinajstić information content (AvgIpc) is 2.45. The standard InChI is InChI=1S/C13H13.3ClH.V/c1-10-5-3-7-12(9-10)13-8-4-6-11(13)2;;;;/h3-9H,1-2H3;3*1H;/q;;;;+3/p-3. The Labute approximate surface area is 131 Å². The van der Waals surface area contributed by atoms with Crippen LogP contribution < -0.4 is 37.2 Å². The fraction of sp³-hybridized carbons (Fsp3) is 0.231. The van der Waals surface area contributed by atoms with Crippen LogP contribution in [0, 0.1) is 6.92 Å². The van der Waals surface area contributed by atoms with Gasteiger partial charge in [-0.2, -0.15) is 0 Å². The molecule has 0 nitrogen and oxygen atoms in total. The summed E-state index contributed by atoms with van der Waals surface area (Å²) in [5.41, 5.74) is 4.04. The minimum absolute atomic E-state index is 0. The molecule has 1 aliphatic carbocycles. The Morgan fingerprint density at radius 2 is 1.76 bits per heavy atom. The number of hydrogen-bond acceptors (Lipinski definition) is 0. The summed E-state index contributed by atoms with van der Waals surface area (Å²) in [6.07, 6.45) is 6.56. The fourth-order valence-corrected chi connectivity index (χ4v) is 2.24. The van der Waals surface area contributed by atoms with E-state index in [0.29, 0.717) is 0 Å². The van der Waals surface area contributed by atoms with Crippen LogP contribution in [0.3, 0.4) is 0 Å². The molecule has 0 radical (unpaired) electrons. The summed E-state index contributed by atoms with van der Waals surface area (Å²) in [5.74, 6) is 0. The first-order chi connectivity index (χ1) is 6.59. The molecule has 91 valence electrons. The number of aryl methyl sites for hydroxylation is 1. The molecule has 1 aliphatic rings. The summed E-state index contributed by atoms with van der Waals surface area (Å²) in [6, 6.07) is 8.67. The molecule has 1 atom stereocenters. The summed E-state index contributed by atoms with van der Waals surface area (Å²) in [6.45, 7) is 4.36. The SMILES string of the molecule is Cc1cccc(C2=CC=C[C]2(C)[V+3])c1.[Cl-].[Cl-].[Cl-]. The van der Waals surface area contributed by atoms with Crippen molar-refractivity contribution in [3.05, 3.63) is 53.6 Å². The molecule has 0 fully saturated rings. The Bertz CT molecular complexity index is 422. The molecule has 0 spiro atoms. The Morgan fingerprint density at radius 1 is 1.12 bits per heavy atom. The van der Waals surface area contributed by atoms with Gasteiger partial charge in [-0.3, -0.25) is 0 Å². The number of hydrogen-bond donors (Lipinski definition) is 0. The van der Waals surface area contributed by atoms with Gasteiger partial charge in [-0.25, -0.2) is 0 Å². The summed E-state index contributed by atoms with van der Waals surface area (Å²) < 4.78 is 0.126. The van der Waals surface area contributed by atoms with E-state index in [4.69, 9.17) is 0 Å². The Hall–Kier alpha value is 0.154. The average molecular weight is 327 g/mol. The van der Waals surface area contributed by atoms with Crippen molar-refractivity contribution in [3.8, 4) is 0 Å². The predicted molar refractivity (Wildman–Crippen MR) is 56.7 cm³/mol. The van der Waals surface area contributed by atoms with E-state index < -0.39 is 0 Å². The summed E-state index contributed by atoms with van der Waals surface area (Å²) in [5, 5.41) is 0. The fourth-order valence-electron chi connectivity index (χ4n) is 1.79. The molecular weight excluding hydrogens is 313 g/mol. The summed E-state index contributed by atoms with van der Waals surface area (Å²) in [4.78, 5) is 0. The van der Waals surface area contributed by atoms with Crippen molar-refractivity contribution in [2.45, 2.75) is 18.0 Å². The molecule has 0 N–H and O–H groups in total. The smallest absolute Gasteiger partial charge is 1.00 e. The Balaban J connectivity index is 0. The second kappa shape index (κ2) is 7.56. The molecule has 0 aliphatic heterocycles. The maximum absolute atomic E-state index is 2.74. The normalized spacial score (nSPS) is 20.8. The van der Waals surface area contributed by atoms with Crippen LogP contribution in [0.1, 0.15) is 18.1 Å². The molecule has 2 rings (SSSR count). The topological polar surface area (TPSA) is 0 Å². The molecule has 4 heteroatoms. The zero-order valence-electron chi connectivity index (χ0n) is 9.62. The van der Waals surface area contributed by atoms with Crippen LogP contribution >= 0.6 is 0 Å². The van der Waals surface area contributed by atoms with E-state index >= 15 is 0 Å². The number of benzene rings is 1. The predicted octanol–water partition coefficient (Wildman–Crippen LogP) is -5.31. The van der Waals surface area contributed by atoms with Crippen LogP contribution in [0.15, 0.2) is 42.5 Å². The van der Waals surface area contributed by atoms with E-state index in [1.807, 2.05) is 0 Å². The van der Waals surface area contributed by atoms with Crippen molar-refractivity contribution >= 4 is 5.57 Å².